The predicted octanol–water partition coefficient (Wildman–Crippen LogP) is 4.80. The SMILES string of the molecule is Cc1ccc(NC(=O)C[C@H](NC(=O)c2ccccc2)c2ccccc2)cc1C. The molecule has 0 aromatic heterocycles. The maximum Gasteiger partial charge on any atom is 0.251 e. The van der Waals surface area contributed by atoms with E-state index in [1.165, 1.54) is 5.56 Å². The van der Waals surface area contributed by atoms with E-state index in [1.54, 1.807) is 12.1 Å². The molecular formula is C24H24N2O2. The molecule has 3 aromatic carbocycles. The molecule has 2 N–H and O–H groups in total. The maximum absolute atomic E-state index is 12.6. The molecule has 0 saturated carbocycles. The van der Waals surface area contributed by atoms with Crippen LogP contribution in [0, 0.1) is 13.8 Å². The Kier molecular flexibility index (Phi) is 6.22. The lowest BCUT2D eigenvalue weighted by Crippen LogP contribution is -2.31. The van der Waals surface area contributed by atoms with Crippen molar-refractivity contribution < 1.29 is 9.59 Å². The highest BCUT2D eigenvalue weighted by atomic mass is 16.2. The van der Waals surface area contributed by atoms with E-state index in [0.717, 1.165) is 16.8 Å². The molecule has 3 aromatic rings. The zero-order valence-corrected chi connectivity index (χ0v) is 16.1. The highest BCUT2D eigenvalue weighted by Crippen LogP contribution is 2.20. The van der Waals surface area contributed by atoms with E-state index in [9.17, 15) is 9.59 Å². The Balaban J connectivity index is 1.74. The zero-order valence-electron chi connectivity index (χ0n) is 16.1. The second-order valence-electron chi connectivity index (χ2n) is 6.85. The van der Waals surface area contributed by atoms with Gasteiger partial charge in [0.05, 0.1) is 12.5 Å². The van der Waals surface area contributed by atoms with Gasteiger partial charge in [-0.2, -0.15) is 0 Å². The molecular weight excluding hydrogens is 348 g/mol. The van der Waals surface area contributed by atoms with Crippen molar-refractivity contribution in [3.05, 3.63) is 101 Å². The molecule has 4 heteroatoms. The van der Waals surface area contributed by atoms with Gasteiger partial charge in [0.15, 0.2) is 0 Å². The van der Waals surface area contributed by atoms with Gasteiger partial charge in [-0.1, -0.05) is 54.6 Å². The summed E-state index contributed by atoms with van der Waals surface area (Å²) in [5, 5.41) is 5.92. The second-order valence-corrected chi connectivity index (χ2v) is 6.85. The molecule has 142 valence electrons. The van der Waals surface area contributed by atoms with Crippen LogP contribution < -0.4 is 10.6 Å². The van der Waals surface area contributed by atoms with Crippen LogP contribution >= 0.6 is 0 Å². The van der Waals surface area contributed by atoms with Crippen LogP contribution in [0.4, 0.5) is 5.69 Å². The highest BCUT2D eigenvalue weighted by Gasteiger charge is 2.19. The number of anilines is 1. The van der Waals surface area contributed by atoms with Gasteiger partial charge in [0.2, 0.25) is 5.91 Å². The molecule has 0 aliphatic heterocycles. The minimum Gasteiger partial charge on any atom is -0.345 e. The van der Waals surface area contributed by atoms with Crippen molar-refractivity contribution in [1.82, 2.24) is 5.32 Å². The summed E-state index contributed by atoms with van der Waals surface area (Å²) in [5.41, 5.74) is 4.51. The molecule has 0 heterocycles. The van der Waals surface area contributed by atoms with Gasteiger partial charge in [-0.15, -0.1) is 0 Å². The summed E-state index contributed by atoms with van der Waals surface area (Å²) in [7, 11) is 0. The minimum atomic E-state index is -0.416. The van der Waals surface area contributed by atoms with Gasteiger partial charge in [0.1, 0.15) is 0 Å². The molecule has 0 unspecified atom stereocenters. The standard InChI is InChI=1S/C24H24N2O2/c1-17-13-14-21(15-18(17)2)25-23(27)16-22(19-9-5-3-6-10-19)26-24(28)20-11-7-4-8-12-20/h3-15,22H,16H2,1-2H3,(H,25,27)(H,26,28)/t22-/m0/s1. The summed E-state index contributed by atoms with van der Waals surface area (Å²) in [6.45, 7) is 4.04. The first kappa shape index (κ1) is 19.4. The lowest BCUT2D eigenvalue weighted by Gasteiger charge is -2.19. The Morgan fingerprint density at radius 3 is 2.11 bits per heavy atom. The number of hydrogen-bond acceptors (Lipinski definition) is 2. The van der Waals surface area contributed by atoms with Gasteiger partial charge in [-0.3, -0.25) is 9.59 Å². The summed E-state index contributed by atoms with van der Waals surface area (Å²) in [5.74, 6) is -0.348. The van der Waals surface area contributed by atoms with Crippen LogP contribution in [0.3, 0.4) is 0 Å². The molecule has 4 nitrogen and oxygen atoms in total. The average Bonchev–Trinajstić information content (AvgIpc) is 2.71. The number of benzene rings is 3. The topological polar surface area (TPSA) is 58.2 Å². The van der Waals surface area contributed by atoms with Crippen LogP contribution in [0.2, 0.25) is 0 Å². The van der Waals surface area contributed by atoms with Crippen LogP contribution in [0.15, 0.2) is 78.9 Å². The van der Waals surface area contributed by atoms with Crippen LogP contribution in [0.25, 0.3) is 0 Å². The molecule has 0 saturated heterocycles. The predicted molar refractivity (Wildman–Crippen MR) is 112 cm³/mol. The van der Waals surface area contributed by atoms with Gasteiger partial charge < -0.3 is 10.6 Å². The van der Waals surface area contributed by atoms with Crippen molar-refractivity contribution in [1.29, 1.82) is 0 Å². The molecule has 0 bridgehead atoms. The Labute approximate surface area is 165 Å². The largest absolute Gasteiger partial charge is 0.345 e. The van der Waals surface area contributed by atoms with E-state index >= 15 is 0 Å². The highest BCUT2D eigenvalue weighted by molar-refractivity contribution is 5.95. The molecule has 0 aliphatic rings. The number of aryl methyl sites for hydroxylation is 2. The van der Waals surface area contributed by atoms with E-state index in [2.05, 4.69) is 10.6 Å². The van der Waals surface area contributed by atoms with Gasteiger partial charge in [0.25, 0.3) is 5.91 Å². The van der Waals surface area contributed by atoms with Gasteiger partial charge >= 0.3 is 0 Å². The number of nitrogens with one attached hydrogen (secondary N) is 2. The monoisotopic (exact) mass is 372 g/mol. The first-order valence-electron chi connectivity index (χ1n) is 9.31. The Morgan fingerprint density at radius 1 is 0.821 bits per heavy atom. The Hall–Kier alpha value is -3.40. The van der Waals surface area contributed by atoms with Gasteiger partial charge in [-0.25, -0.2) is 0 Å². The zero-order chi connectivity index (χ0) is 19.9. The first-order valence-corrected chi connectivity index (χ1v) is 9.31. The summed E-state index contributed by atoms with van der Waals surface area (Å²) in [6, 6.07) is 24.0. The third-order valence-electron chi connectivity index (χ3n) is 4.72. The summed E-state index contributed by atoms with van der Waals surface area (Å²) in [6.07, 6.45) is 0.148. The molecule has 3 rings (SSSR count). The fourth-order valence-electron chi connectivity index (χ4n) is 2.99. The first-order chi connectivity index (χ1) is 13.5. The molecule has 28 heavy (non-hydrogen) atoms. The average molecular weight is 372 g/mol. The van der Waals surface area contributed by atoms with Crippen molar-refractivity contribution in [2.45, 2.75) is 26.3 Å². The van der Waals surface area contributed by atoms with E-state index in [-0.39, 0.29) is 18.2 Å². The Morgan fingerprint density at radius 2 is 1.46 bits per heavy atom. The maximum atomic E-state index is 12.6. The van der Waals surface area contributed by atoms with Crippen LogP contribution in [-0.4, -0.2) is 11.8 Å². The molecule has 0 spiro atoms. The van der Waals surface area contributed by atoms with E-state index in [1.807, 2.05) is 80.6 Å². The van der Waals surface area contributed by atoms with Crippen molar-refractivity contribution in [2.75, 3.05) is 5.32 Å². The van der Waals surface area contributed by atoms with Crippen molar-refractivity contribution in [3.8, 4) is 0 Å². The number of hydrogen-bond donors (Lipinski definition) is 2. The molecule has 0 fully saturated rings. The minimum absolute atomic E-state index is 0.148. The number of carbonyl (C=O) groups is 2. The lowest BCUT2D eigenvalue weighted by molar-refractivity contribution is -0.116. The molecule has 0 radical (unpaired) electrons. The third-order valence-corrected chi connectivity index (χ3v) is 4.72. The van der Waals surface area contributed by atoms with Crippen molar-refractivity contribution in [2.24, 2.45) is 0 Å². The van der Waals surface area contributed by atoms with Crippen LogP contribution in [0.5, 0.6) is 0 Å². The van der Waals surface area contributed by atoms with Crippen LogP contribution in [-0.2, 0) is 4.79 Å². The fraction of sp³-hybridized carbons (Fsp3) is 0.167. The fourth-order valence-corrected chi connectivity index (χ4v) is 2.99. The molecule has 1 atom stereocenters. The quantitative estimate of drug-likeness (QED) is 0.653. The van der Waals surface area contributed by atoms with Gasteiger partial charge in [-0.05, 0) is 54.8 Å². The lowest BCUT2D eigenvalue weighted by atomic mass is 10.0. The normalized spacial score (nSPS) is 11.5. The summed E-state index contributed by atoms with van der Waals surface area (Å²) < 4.78 is 0. The molecule has 0 aliphatic carbocycles. The van der Waals surface area contributed by atoms with E-state index in [0.29, 0.717) is 5.56 Å². The number of amides is 2. The summed E-state index contributed by atoms with van der Waals surface area (Å²) in [4.78, 5) is 25.3. The number of carbonyl (C=O) groups excluding carboxylic acids is 2. The van der Waals surface area contributed by atoms with Gasteiger partial charge in [0, 0.05) is 11.3 Å². The second kappa shape index (κ2) is 9.00. The third kappa shape index (κ3) is 5.07. The van der Waals surface area contributed by atoms with E-state index in [4.69, 9.17) is 0 Å². The number of rotatable bonds is 6. The van der Waals surface area contributed by atoms with Crippen molar-refractivity contribution >= 4 is 17.5 Å². The smallest absolute Gasteiger partial charge is 0.251 e. The molecule has 2 amide bonds. The van der Waals surface area contributed by atoms with Crippen molar-refractivity contribution in [3.63, 3.8) is 0 Å². The Bertz CT molecular complexity index is 953. The van der Waals surface area contributed by atoms with E-state index < -0.39 is 6.04 Å². The van der Waals surface area contributed by atoms with Crippen LogP contribution in [0.1, 0.15) is 39.5 Å². The summed E-state index contributed by atoms with van der Waals surface area (Å²) >= 11 is 0.